The molecule has 0 aliphatic carbocycles. The number of aromatic nitrogens is 3. The monoisotopic (exact) mass is 637 g/mol. The molecule has 2 aliphatic rings. The van der Waals surface area contributed by atoms with Crippen molar-refractivity contribution >= 4 is 63.1 Å². The molecule has 0 spiro atoms. The van der Waals surface area contributed by atoms with Crippen molar-refractivity contribution in [1.29, 1.82) is 0 Å². The van der Waals surface area contributed by atoms with Gasteiger partial charge in [0.2, 0.25) is 24.9 Å². The van der Waals surface area contributed by atoms with Crippen molar-refractivity contribution < 1.29 is 17.9 Å². The number of para-hydroxylation sites is 1. The maximum atomic E-state index is 12.3. The molecule has 11 nitrogen and oxygen atoms in total. The lowest BCUT2D eigenvalue weighted by atomic mass is 10.2. The number of ether oxygens (including phenoxy) is 2. The summed E-state index contributed by atoms with van der Waals surface area (Å²) in [6.45, 7) is 4.74. The quantitative estimate of drug-likeness (QED) is 0.276. The van der Waals surface area contributed by atoms with Crippen LogP contribution < -0.4 is 25.2 Å². The zero-order valence-corrected chi connectivity index (χ0v) is 23.3. The van der Waals surface area contributed by atoms with Crippen molar-refractivity contribution in [3.63, 3.8) is 0 Å². The van der Waals surface area contributed by atoms with Gasteiger partial charge in [-0.3, -0.25) is 0 Å². The van der Waals surface area contributed by atoms with Gasteiger partial charge >= 0.3 is 0 Å². The highest BCUT2D eigenvalue weighted by molar-refractivity contribution is 14.2. The molecule has 2 saturated heterocycles. The first-order valence-electron chi connectivity index (χ1n) is 12.0. The van der Waals surface area contributed by atoms with Crippen molar-refractivity contribution in [3.8, 4) is 5.75 Å². The molecule has 2 aromatic carbocycles. The predicted molar refractivity (Wildman–Crippen MR) is 152 cm³/mol. The first-order valence-corrected chi connectivity index (χ1v) is 16.0. The van der Waals surface area contributed by atoms with Gasteiger partial charge in [-0.05, 0) is 37.1 Å². The number of halogens is 1. The van der Waals surface area contributed by atoms with Crippen LogP contribution in [0.3, 0.4) is 0 Å². The van der Waals surface area contributed by atoms with Crippen molar-refractivity contribution in [2.24, 2.45) is 0 Å². The summed E-state index contributed by atoms with van der Waals surface area (Å²) < 4.78 is 35.7. The highest BCUT2D eigenvalue weighted by atomic mass is 127. The maximum Gasteiger partial charge on any atom is 0.233 e. The summed E-state index contributed by atoms with van der Waals surface area (Å²) in [4.78, 5) is 18.3. The third kappa shape index (κ3) is 6.15. The SMILES string of the molecule is COc1cc(N2CCOCC2)ccc1Nc1nc(Nc2ccccc2S(=O)(=O)I)nc(N2CCCC2)n1. The fourth-order valence-corrected chi connectivity index (χ4v) is 6.13. The van der Waals surface area contributed by atoms with Crippen LogP contribution in [0.4, 0.5) is 34.9 Å². The van der Waals surface area contributed by atoms with Gasteiger partial charge in [0, 0.05) is 37.9 Å². The maximum absolute atomic E-state index is 12.3. The Kier molecular flexibility index (Phi) is 7.81. The number of benzene rings is 2. The fourth-order valence-electron chi connectivity index (χ4n) is 4.36. The number of morpholine rings is 1. The second kappa shape index (κ2) is 11.2. The van der Waals surface area contributed by atoms with E-state index >= 15 is 0 Å². The van der Waals surface area contributed by atoms with Gasteiger partial charge in [-0.1, -0.05) is 12.1 Å². The Morgan fingerprint density at radius 1 is 0.892 bits per heavy atom. The van der Waals surface area contributed by atoms with Crippen LogP contribution in [-0.4, -0.2) is 69.9 Å². The first-order chi connectivity index (χ1) is 17.9. The highest BCUT2D eigenvalue weighted by Crippen LogP contribution is 2.33. The molecule has 5 rings (SSSR count). The van der Waals surface area contributed by atoms with Crippen LogP contribution >= 0.6 is 21.2 Å². The van der Waals surface area contributed by atoms with Crippen molar-refractivity contribution in [2.75, 3.05) is 66.9 Å². The Morgan fingerprint density at radius 2 is 1.57 bits per heavy atom. The Balaban J connectivity index is 1.47. The lowest BCUT2D eigenvalue weighted by molar-refractivity contribution is 0.122. The number of hydrogen-bond acceptors (Lipinski definition) is 11. The van der Waals surface area contributed by atoms with Crippen LogP contribution in [-0.2, 0) is 11.7 Å². The molecule has 0 unspecified atom stereocenters. The second-order valence-electron chi connectivity index (χ2n) is 8.64. The van der Waals surface area contributed by atoms with E-state index in [0.717, 1.165) is 44.7 Å². The molecule has 3 aromatic rings. The average Bonchev–Trinajstić information content (AvgIpc) is 3.44. The van der Waals surface area contributed by atoms with Crippen LogP contribution in [0.15, 0.2) is 47.4 Å². The summed E-state index contributed by atoms with van der Waals surface area (Å²) in [7, 11) is -1.85. The molecule has 3 heterocycles. The molecule has 0 amide bonds. The van der Waals surface area contributed by atoms with Gasteiger partial charge in [-0.2, -0.15) is 15.0 Å². The largest absolute Gasteiger partial charge is 0.494 e. The molecular weight excluding hydrogens is 609 g/mol. The Bertz CT molecular complexity index is 1360. The van der Waals surface area contributed by atoms with Gasteiger partial charge < -0.3 is 29.9 Å². The topological polar surface area (TPSA) is 122 Å². The van der Waals surface area contributed by atoms with Crippen LogP contribution in [0.25, 0.3) is 0 Å². The molecule has 0 bridgehead atoms. The van der Waals surface area contributed by atoms with Crippen LogP contribution in [0, 0.1) is 0 Å². The number of methoxy groups -OCH3 is 1. The lowest BCUT2D eigenvalue weighted by Crippen LogP contribution is -2.36. The summed E-state index contributed by atoms with van der Waals surface area (Å²) in [5.74, 6) is 1.75. The van der Waals surface area contributed by atoms with E-state index in [1.165, 1.54) is 21.2 Å². The lowest BCUT2D eigenvalue weighted by Gasteiger charge is -2.29. The summed E-state index contributed by atoms with van der Waals surface area (Å²) >= 11 is 1.43. The van der Waals surface area contributed by atoms with Gasteiger partial charge in [-0.25, -0.2) is 8.42 Å². The second-order valence-corrected chi connectivity index (χ2v) is 13.4. The van der Waals surface area contributed by atoms with E-state index in [1.54, 1.807) is 31.4 Å². The number of anilines is 6. The Labute approximate surface area is 228 Å². The molecule has 2 fully saturated rings. The minimum atomic E-state index is -3.48. The number of rotatable bonds is 8. The first kappa shape index (κ1) is 25.7. The van der Waals surface area contributed by atoms with Crippen LogP contribution in [0.1, 0.15) is 12.8 Å². The number of hydrogen-bond donors (Lipinski definition) is 2. The molecule has 13 heteroatoms. The van der Waals surface area contributed by atoms with Gasteiger partial charge in [0.1, 0.15) is 10.6 Å². The van der Waals surface area contributed by atoms with Crippen molar-refractivity contribution in [2.45, 2.75) is 17.7 Å². The van der Waals surface area contributed by atoms with Crippen molar-refractivity contribution in [1.82, 2.24) is 15.0 Å². The molecule has 1 aromatic heterocycles. The van der Waals surface area contributed by atoms with Gasteiger partial charge in [0.15, 0.2) is 0 Å². The van der Waals surface area contributed by atoms with Crippen LogP contribution in [0.5, 0.6) is 5.75 Å². The molecule has 37 heavy (non-hydrogen) atoms. The summed E-state index contributed by atoms with van der Waals surface area (Å²) in [5, 5.41) is 6.36. The van der Waals surface area contributed by atoms with Crippen molar-refractivity contribution in [3.05, 3.63) is 42.5 Å². The van der Waals surface area contributed by atoms with Gasteiger partial charge in [0.25, 0.3) is 0 Å². The predicted octanol–water partition coefficient (Wildman–Crippen LogP) is 3.93. The highest BCUT2D eigenvalue weighted by Gasteiger charge is 2.21. The Morgan fingerprint density at radius 3 is 2.24 bits per heavy atom. The summed E-state index contributed by atoms with van der Waals surface area (Å²) in [6.07, 6.45) is 2.12. The molecule has 0 saturated carbocycles. The average molecular weight is 638 g/mol. The number of nitrogens with one attached hydrogen (secondary N) is 2. The summed E-state index contributed by atoms with van der Waals surface area (Å²) in [5.41, 5.74) is 2.16. The Hall–Kier alpha value is -2.91. The van der Waals surface area contributed by atoms with E-state index in [2.05, 4.69) is 35.4 Å². The number of nitrogens with zero attached hydrogens (tertiary/aromatic N) is 5. The minimum Gasteiger partial charge on any atom is -0.494 e. The van der Waals surface area contributed by atoms with E-state index in [-0.39, 0.29) is 10.8 Å². The molecular formula is C24H28IN7O4S. The zero-order chi connectivity index (χ0) is 25.8. The molecule has 0 atom stereocenters. The van der Waals surface area contributed by atoms with Gasteiger partial charge in [-0.15, -0.1) is 0 Å². The molecule has 196 valence electrons. The normalized spacial score (nSPS) is 16.1. The third-order valence-corrected chi connectivity index (χ3v) is 8.52. The van der Waals surface area contributed by atoms with E-state index in [4.69, 9.17) is 9.47 Å². The van der Waals surface area contributed by atoms with E-state index in [0.29, 0.717) is 42.2 Å². The van der Waals surface area contributed by atoms with Gasteiger partial charge in [0.05, 0.1) is 52.9 Å². The molecule has 0 radical (unpaired) electrons. The fraction of sp³-hybridized carbons (Fsp3) is 0.375. The smallest absolute Gasteiger partial charge is 0.233 e. The van der Waals surface area contributed by atoms with E-state index in [9.17, 15) is 8.42 Å². The minimum absolute atomic E-state index is 0.161. The zero-order valence-electron chi connectivity index (χ0n) is 20.4. The van der Waals surface area contributed by atoms with E-state index in [1.807, 2.05) is 18.2 Å². The van der Waals surface area contributed by atoms with E-state index < -0.39 is 7.01 Å². The molecule has 2 N–H and O–H groups in total. The third-order valence-electron chi connectivity index (χ3n) is 6.22. The molecule has 2 aliphatic heterocycles. The standard InChI is InChI=1S/C24H28IN7O4S/c1-35-20-16-17(31-12-14-36-15-13-31)8-9-18(20)26-22-28-23(30-24(29-22)32-10-4-5-11-32)27-19-6-2-3-7-21(19)37(25,33)34/h2-3,6-9,16H,4-5,10-15H2,1H3,(H2,26,27,28,29,30). The van der Waals surface area contributed by atoms with Crippen LogP contribution in [0.2, 0.25) is 0 Å². The summed E-state index contributed by atoms with van der Waals surface area (Å²) in [6, 6.07) is 12.6.